The van der Waals surface area contributed by atoms with Crippen LogP contribution < -0.4 is 5.73 Å². The van der Waals surface area contributed by atoms with Gasteiger partial charge in [-0.1, -0.05) is 0 Å². The number of rotatable bonds is 1. The molecule has 0 radical (unpaired) electrons. The minimum atomic E-state index is 0.230. The minimum absolute atomic E-state index is 0.230. The highest BCUT2D eigenvalue weighted by Gasteiger charge is 2.38. The Kier molecular flexibility index (Phi) is 3.17. The van der Waals surface area contributed by atoms with Crippen LogP contribution in [0.2, 0.25) is 0 Å². The summed E-state index contributed by atoms with van der Waals surface area (Å²) in [6.07, 6.45) is 4.87. The summed E-state index contributed by atoms with van der Waals surface area (Å²) in [4.78, 5) is 0. The van der Waals surface area contributed by atoms with E-state index in [1.54, 1.807) is 0 Å². The topological polar surface area (TPSA) is 35.2 Å². The van der Waals surface area contributed by atoms with E-state index in [9.17, 15) is 0 Å². The number of hydrogen-bond acceptors (Lipinski definition) is 3. The fourth-order valence-corrected chi connectivity index (χ4v) is 3.66. The van der Waals surface area contributed by atoms with Crippen molar-refractivity contribution in [2.24, 2.45) is 11.7 Å². The molecule has 0 aromatic rings. The molecule has 2 saturated heterocycles. The van der Waals surface area contributed by atoms with Gasteiger partial charge in [0.05, 0.1) is 5.60 Å². The van der Waals surface area contributed by atoms with Crippen LogP contribution in [0.3, 0.4) is 0 Å². The monoisotopic (exact) mass is 201 g/mol. The molecule has 76 valence electrons. The Morgan fingerprint density at radius 1 is 1.38 bits per heavy atom. The normalized spacial score (nSPS) is 33.5. The molecule has 0 aromatic heterocycles. The molecule has 0 saturated carbocycles. The molecule has 13 heavy (non-hydrogen) atoms. The molecule has 0 aliphatic carbocycles. The van der Waals surface area contributed by atoms with Gasteiger partial charge in [-0.3, -0.25) is 0 Å². The van der Waals surface area contributed by atoms with Crippen molar-refractivity contribution in [3.8, 4) is 0 Å². The van der Waals surface area contributed by atoms with Crippen molar-refractivity contribution < 1.29 is 4.74 Å². The maximum absolute atomic E-state index is 5.97. The zero-order valence-electron chi connectivity index (χ0n) is 8.13. The summed E-state index contributed by atoms with van der Waals surface area (Å²) in [6, 6.07) is 0. The lowest BCUT2D eigenvalue weighted by Gasteiger charge is -2.43. The molecular weight excluding hydrogens is 182 g/mol. The third kappa shape index (κ3) is 2.20. The van der Waals surface area contributed by atoms with Crippen molar-refractivity contribution in [3.63, 3.8) is 0 Å². The lowest BCUT2D eigenvalue weighted by molar-refractivity contribution is -0.100. The standard InChI is InChI=1S/C10H19NOS/c11-8-9-1-4-12-10(7-9)2-5-13-6-3-10/h9H,1-8,11H2. The van der Waals surface area contributed by atoms with Gasteiger partial charge in [-0.05, 0) is 49.7 Å². The van der Waals surface area contributed by atoms with E-state index in [4.69, 9.17) is 10.5 Å². The first-order valence-electron chi connectivity index (χ1n) is 5.26. The van der Waals surface area contributed by atoms with Crippen LogP contribution in [-0.4, -0.2) is 30.3 Å². The first-order valence-corrected chi connectivity index (χ1v) is 6.42. The average molecular weight is 201 g/mol. The van der Waals surface area contributed by atoms with Crippen molar-refractivity contribution >= 4 is 11.8 Å². The van der Waals surface area contributed by atoms with E-state index in [0.717, 1.165) is 19.1 Å². The number of thioether (sulfide) groups is 1. The Morgan fingerprint density at radius 3 is 2.85 bits per heavy atom. The molecule has 2 aliphatic rings. The molecule has 0 aromatic carbocycles. The van der Waals surface area contributed by atoms with Gasteiger partial charge in [-0.15, -0.1) is 0 Å². The van der Waals surface area contributed by atoms with Gasteiger partial charge in [0.2, 0.25) is 0 Å². The van der Waals surface area contributed by atoms with Gasteiger partial charge in [0.1, 0.15) is 0 Å². The third-order valence-corrected chi connectivity index (χ3v) is 4.32. The maximum Gasteiger partial charge on any atom is 0.0701 e. The average Bonchev–Trinajstić information content (AvgIpc) is 2.19. The first-order chi connectivity index (χ1) is 6.35. The van der Waals surface area contributed by atoms with Crippen LogP contribution in [0.25, 0.3) is 0 Å². The summed E-state index contributed by atoms with van der Waals surface area (Å²) in [5, 5.41) is 0. The fourth-order valence-electron chi connectivity index (χ4n) is 2.42. The van der Waals surface area contributed by atoms with E-state index < -0.39 is 0 Å². The Morgan fingerprint density at radius 2 is 2.15 bits per heavy atom. The van der Waals surface area contributed by atoms with Gasteiger partial charge in [0.15, 0.2) is 0 Å². The summed E-state index contributed by atoms with van der Waals surface area (Å²) in [7, 11) is 0. The smallest absolute Gasteiger partial charge is 0.0701 e. The van der Waals surface area contributed by atoms with Crippen molar-refractivity contribution in [1.82, 2.24) is 0 Å². The second kappa shape index (κ2) is 4.20. The van der Waals surface area contributed by atoms with Gasteiger partial charge in [-0.2, -0.15) is 11.8 Å². The SMILES string of the molecule is NCC1CCOC2(CCSCC2)C1. The minimum Gasteiger partial charge on any atom is -0.375 e. The molecule has 0 bridgehead atoms. The van der Waals surface area contributed by atoms with Gasteiger partial charge in [0, 0.05) is 6.61 Å². The predicted molar refractivity (Wildman–Crippen MR) is 57.0 cm³/mol. The van der Waals surface area contributed by atoms with Crippen molar-refractivity contribution in [1.29, 1.82) is 0 Å². The third-order valence-electron chi connectivity index (χ3n) is 3.33. The van der Waals surface area contributed by atoms with Crippen molar-refractivity contribution in [2.75, 3.05) is 24.7 Å². The van der Waals surface area contributed by atoms with Crippen molar-refractivity contribution in [3.05, 3.63) is 0 Å². The van der Waals surface area contributed by atoms with Crippen LogP contribution in [0.1, 0.15) is 25.7 Å². The maximum atomic E-state index is 5.97. The zero-order chi connectivity index (χ0) is 9.15. The summed E-state index contributed by atoms with van der Waals surface area (Å²) in [5.41, 5.74) is 5.96. The molecule has 2 nitrogen and oxygen atoms in total. The Labute approximate surface area is 84.6 Å². The molecule has 0 amide bonds. The summed E-state index contributed by atoms with van der Waals surface area (Å²) in [5.74, 6) is 3.27. The highest BCUT2D eigenvalue weighted by atomic mass is 32.2. The molecule has 2 fully saturated rings. The number of hydrogen-bond donors (Lipinski definition) is 1. The van der Waals surface area contributed by atoms with Crippen LogP contribution >= 0.6 is 11.8 Å². The van der Waals surface area contributed by atoms with E-state index in [0.29, 0.717) is 0 Å². The first kappa shape index (κ1) is 9.81. The molecule has 3 heteroatoms. The molecule has 2 N–H and O–H groups in total. The summed E-state index contributed by atoms with van der Waals surface area (Å²) < 4.78 is 5.97. The Hall–Kier alpha value is 0.270. The van der Waals surface area contributed by atoms with Gasteiger partial charge in [-0.25, -0.2) is 0 Å². The largest absolute Gasteiger partial charge is 0.375 e. The lowest BCUT2D eigenvalue weighted by atomic mass is 9.82. The summed E-state index contributed by atoms with van der Waals surface area (Å²) in [6.45, 7) is 1.78. The highest BCUT2D eigenvalue weighted by molar-refractivity contribution is 7.99. The van der Waals surface area contributed by atoms with Crippen LogP contribution in [0.15, 0.2) is 0 Å². The van der Waals surface area contributed by atoms with Gasteiger partial charge < -0.3 is 10.5 Å². The number of ether oxygens (including phenoxy) is 1. The second-order valence-corrected chi connectivity index (χ2v) is 5.46. The van der Waals surface area contributed by atoms with Gasteiger partial charge in [0.25, 0.3) is 0 Å². The quantitative estimate of drug-likeness (QED) is 0.700. The fraction of sp³-hybridized carbons (Fsp3) is 1.00. The molecule has 2 aliphatic heterocycles. The molecule has 2 heterocycles. The van der Waals surface area contributed by atoms with Gasteiger partial charge >= 0.3 is 0 Å². The van der Waals surface area contributed by atoms with Crippen LogP contribution in [0.5, 0.6) is 0 Å². The molecule has 1 spiro atoms. The van der Waals surface area contributed by atoms with E-state index in [1.165, 1.54) is 37.2 Å². The van der Waals surface area contributed by atoms with E-state index in [-0.39, 0.29) is 5.60 Å². The number of nitrogens with two attached hydrogens (primary N) is 1. The van der Waals surface area contributed by atoms with Crippen LogP contribution in [-0.2, 0) is 4.74 Å². The predicted octanol–water partition coefficient (Wildman–Crippen LogP) is 1.64. The van der Waals surface area contributed by atoms with E-state index >= 15 is 0 Å². The molecule has 1 unspecified atom stereocenters. The highest BCUT2D eigenvalue weighted by Crippen LogP contribution is 2.39. The Balaban J connectivity index is 1.95. The Bertz CT molecular complexity index is 163. The van der Waals surface area contributed by atoms with Crippen LogP contribution in [0.4, 0.5) is 0 Å². The van der Waals surface area contributed by atoms with E-state index in [2.05, 4.69) is 11.8 Å². The van der Waals surface area contributed by atoms with Crippen LogP contribution in [0, 0.1) is 5.92 Å². The molecule has 2 rings (SSSR count). The zero-order valence-corrected chi connectivity index (χ0v) is 8.94. The molecular formula is C10H19NOS. The lowest BCUT2D eigenvalue weighted by Crippen LogP contribution is -2.44. The van der Waals surface area contributed by atoms with Crippen molar-refractivity contribution in [2.45, 2.75) is 31.3 Å². The van der Waals surface area contributed by atoms with E-state index in [1.807, 2.05) is 0 Å². The summed E-state index contributed by atoms with van der Waals surface area (Å²) >= 11 is 2.06. The molecule has 1 atom stereocenters. The second-order valence-electron chi connectivity index (χ2n) is 4.24.